The molecule has 2 heteroatoms. The summed E-state index contributed by atoms with van der Waals surface area (Å²) in [7, 11) is 0. The van der Waals surface area contributed by atoms with E-state index in [1.54, 1.807) is 0 Å². The van der Waals surface area contributed by atoms with E-state index in [-0.39, 0.29) is 5.78 Å². The summed E-state index contributed by atoms with van der Waals surface area (Å²) in [5.74, 6) is 0.0811. The molecule has 0 aliphatic heterocycles. The highest BCUT2D eigenvalue weighted by molar-refractivity contribution is 5.97. The average molecular weight is 202 g/mol. The van der Waals surface area contributed by atoms with Gasteiger partial charge in [0.15, 0.2) is 5.78 Å². The van der Waals surface area contributed by atoms with Gasteiger partial charge in [0.05, 0.1) is 0 Å². The third-order valence-electron chi connectivity index (χ3n) is 2.70. The Morgan fingerprint density at radius 3 is 2.60 bits per heavy atom. The molecule has 15 heavy (non-hydrogen) atoms. The third-order valence-corrected chi connectivity index (χ3v) is 2.70. The molecular formula is C13H14O2. The zero-order chi connectivity index (χ0) is 10.7. The second-order valence-electron chi connectivity index (χ2n) is 3.79. The lowest BCUT2D eigenvalue weighted by Crippen LogP contribution is -2.14. The Hall–Kier alpha value is -1.41. The Kier molecular flexibility index (Phi) is 2.97. The number of benzene rings is 1. The van der Waals surface area contributed by atoms with Crippen molar-refractivity contribution in [2.24, 2.45) is 0 Å². The number of aliphatic hydroxyl groups is 1. The van der Waals surface area contributed by atoms with E-state index in [4.69, 9.17) is 0 Å². The van der Waals surface area contributed by atoms with Crippen molar-refractivity contribution in [3.8, 4) is 0 Å². The monoisotopic (exact) mass is 202 g/mol. The van der Waals surface area contributed by atoms with Gasteiger partial charge in [-0.3, -0.25) is 4.79 Å². The topological polar surface area (TPSA) is 37.3 Å². The van der Waals surface area contributed by atoms with Crippen molar-refractivity contribution in [3.63, 3.8) is 0 Å². The number of hydrogen-bond acceptors (Lipinski definition) is 2. The molecule has 1 N–H and O–H groups in total. The van der Waals surface area contributed by atoms with Crippen LogP contribution in [-0.2, 0) is 4.79 Å². The van der Waals surface area contributed by atoms with Gasteiger partial charge in [0.25, 0.3) is 0 Å². The molecule has 0 radical (unpaired) electrons. The maximum atomic E-state index is 11.6. The standard InChI is InChI=1S/C13H14O2/c14-12-9-5-4-8-11(12)13(15)10-6-2-1-3-7-10/h1-3,6-8,13,15H,4-5,9H2. The molecule has 1 atom stereocenters. The first-order valence-corrected chi connectivity index (χ1v) is 5.25. The van der Waals surface area contributed by atoms with E-state index in [1.165, 1.54) is 0 Å². The predicted molar refractivity (Wildman–Crippen MR) is 58.3 cm³/mol. The largest absolute Gasteiger partial charge is 0.384 e. The predicted octanol–water partition coefficient (Wildman–Crippen LogP) is 2.40. The summed E-state index contributed by atoms with van der Waals surface area (Å²) in [4.78, 5) is 11.6. The molecular weight excluding hydrogens is 188 g/mol. The molecule has 0 fully saturated rings. The van der Waals surface area contributed by atoms with Crippen molar-refractivity contribution in [2.45, 2.75) is 25.4 Å². The first-order valence-electron chi connectivity index (χ1n) is 5.25. The second-order valence-corrected chi connectivity index (χ2v) is 3.79. The number of ketones is 1. The molecule has 0 bridgehead atoms. The van der Waals surface area contributed by atoms with Gasteiger partial charge >= 0.3 is 0 Å². The molecule has 1 aromatic rings. The lowest BCUT2D eigenvalue weighted by Gasteiger charge is -2.17. The molecule has 1 aliphatic rings. The van der Waals surface area contributed by atoms with E-state index in [1.807, 2.05) is 36.4 Å². The van der Waals surface area contributed by atoms with Crippen molar-refractivity contribution in [2.75, 3.05) is 0 Å². The first kappa shape index (κ1) is 10.1. The molecule has 0 saturated carbocycles. The van der Waals surface area contributed by atoms with Gasteiger partial charge < -0.3 is 5.11 Å². The summed E-state index contributed by atoms with van der Waals surface area (Å²) < 4.78 is 0. The van der Waals surface area contributed by atoms with Crippen LogP contribution in [0.5, 0.6) is 0 Å². The number of aliphatic hydroxyl groups excluding tert-OH is 1. The molecule has 0 amide bonds. The van der Waals surface area contributed by atoms with E-state index in [0.717, 1.165) is 18.4 Å². The van der Waals surface area contributed by atoms with E-state index < -0.39 is 6.10 Å². The fourth-order valence-electron chi connectivity index (χ4n) is 1.86. The van der Waals surface area contributed by atoms with Crippen molar-refractivity contribution < 1.29 is 9.90 Å². The molecule has 2 nitrogen and oxygen atoms in total. The van der Waals surface area contributed by atoms with Crippen molar-refractivity contribution in [1.82, 2.24) is 0 Å². The van der Waals surface area contributed by atoms with Crippen LogP contribution in [0.3, 0.4) is 0 Å². The summed E-state index contributed by atoms with van der Waals surface area (Å²) in [5, 5.41) is 10.0. The molecule has 1 unspecified atom stereocenters. The smallest absolute Gasteiger partial charge is 0.161 e. The van der Waals surface area contributed by atoms with Gasteiger partial charge in [-0.25, -0.2) is 0 Å². The maximum absolute atomic E-state index is 11.6. The number of carbonyl (C=O) groups excluding carboxylic acids is 1. The summed E-state index contributed by atoms with van der Waals surface area (Å²) in [6.07, 6.45) is 3.48. The van der Waals surface area contributed by atoms with Gasteiger partial charge in [0, 0.05) is 12.0 Å². The minimum Gasteiger partial charge on any atom is -0.384 e. The van der Waals surface area contributed by atoms with Crippen molar-refractivity contribution in [3.05, 3.63) is 47.5 Å². The van der Waals surface area contributed by atoms with Gasteiger partial charge in [-0.1, -0.05) is 36.4 Å². The van der Waals surface area contributed by atoms with Crippen LogP contribution in [0.2, 0.25) is 0 Å². The normalized spacial score (nSPS) is 18.5. The van der Waals surface area contributed by atoms with Crippen LogP contribution >= 0.6 is 0 Å². The third kappa shape index (κ3) is 2.16. The zero-order valence-electron chi connectivity index (χ0n) is 8.52. The van der Waals surface area contributed by atoms with Crippen LogP contribution in [0, 0.1) is 0 Å². The van der Waals surface area contributed by atoms with Gasteiger partial charge in [-0.15, -0.1) is 0 Å². The van der Waals surface area contributed by atoms with Crippen LogP contribution in [0.4, 0.5) is 0 Å². The van der Waals surface area contributed by atoms with Crippen LogP contribution in [0.25, 0.3) is 0 Å². The molecule has 0 spiro atoms. The lowest BCUT2D eigenvalue weighted by atomic mass is 9.91. The molecule has 0 aromatic heterocycles. The Bertz CT molecular complexity index is 379. The Balaban J connectivity index is 2.24. The van der Waals surface area contributed by atoms with Crippen molar-refractivity contribution in [1.29, 1.82) is 0 Å². The van der Waals surface area contributed by atoms with E-state index in [9.17, 15) is 9.90 Å². The summed E-state index contributed by atoms with van der Waals surface area (Å²) in [6, 6.07) is 9.31. The van der Waals surface area contributed by atoms with E-state index >= 15 is 0 Å². The minimum absolute atomic E-state index is 0.0811. The SMILES string of the molecule is O=C1CCCC=C1C(O)c1ccccc1. The van der Waals surface area contributed by atoms with Crippen LogP contribution < -0.4 is 0 Å². The number of Topliss-reactive ketones (excluding diaryl/α,β-unsaturated/α-hetero) is 1. The molecule has 0 heterocycles. The number of rotatable bonds is 2. The summed E-state index contributed by atoms with van der Waals surface area (Å²) in [6.45, 7) is 0. The van der Waals surface area contributed by atoms with E-state index in [2.05, 4.69) is 0 Å². The molecule has 78 valence electrons. The summed E-state index contributed by atoms with van der Waals surface area (Å²) in [5.41, 5.74) is 1.35. The fourth-order valence-corrected chi connectivity index (χ4v) is 1.86. The highest BCUT2D eigenvalue weighted by Gasteiger charge is 2.21. The molecule has 2 rings (SSSR count). The lowest BCUT2D eigenvalue weighted by molar-refractivity contribution is -0.117. The maximum Gasteiger partial charge on any atom is 0.161 e. The zero-order valence-corrected chi connectivity index (χ0v) is 8.52. The quantitative estimate of drug-likeness (QED) is 0.799. The van der Waals surface area contributed by atoms with Crippen LogP contribution in [-0.4, -0.2) is 10.9 Å². The van der Waals surface area contributed by atoms with Crippen LogP contribution in [0.1, 0.15) is 30.9 Å². The van der Waals surface area contributed by atoms with Gasteiger partial charge in [-0.05, 0) is 18.4 Å². The fraction of sp³-hybridized carbons (Fsp3) is 0.308. The highest BCUT2D eigenvalue weighted by Crippen LogP contribution is 2.26. The Labute approximate surface area is 89.2 Å². The molecule has 1 aliphatic carbocycles. The van der Waals surface area contributed by atoms with Crippen molar-refractivity contribution >= 4 is 5.78 Å². The molecule has 1 aromatic carbocycles. The second kappa shape index (κ2) is 4.41. The van der Waals surface area contributed by atoms with Gasteiger partial charge in [0.2, 0.25) is 0 Å². The first-order chi connectivity index (χ1) is 7.29. The number of hydrogen-bond donors (Lipinski definition) is 1. The molecule has 0 saturated heterocycles. The Morgan fingerprint density at radius 2 is 1.93 bits per heavy atom. The van der Waals surface area contributed by atoms with E-state index in [0.29, 0.717) is 12.0 Å². The minimum atomic E-state index is -0.751. The number of carbonyl (C=O) groups is 1. The number of allylic oxidation sites excluding steroid dienone is 1. The van der Waals surface area contributed by atoms with Gasteiger partial charge in [0.1, 0.15) is 6.10 Å². The van der Waals surface area contributed by atoms with Crippen LogP contribution in [0.15, 0.2) is 42.0 Å². The average Bonchev–Trinajstić information content (AvgIpc) is 2.30. The highest BCUT2D eigenvalue weighted by atomic mass is 16.3. The Morgan fingerprint density at radius 1 is 1.20 bits per heavy atom. The summed E-state index contributed by atoms with van der Waals surface area (Å²) >= 11 is 0. The van der Waals surface area contributed by atoms with Gasteiger partial charge in [-0.2, -0.15) is 0 Å².